The number of aryl methyl sites for hydroxylation is 1. The number of hydrogen-bond donors (Lipinski definition) is 1. The van der Waals surface area contributed by atoms with Gasteiger partial charge in [-0.05, 0) is 62.2 Å². The molecule has 0 radical (unpaired) electrons. The van der Waals surface area contributed by atoms with E-state index < -0.39 is 23.7 Å². The van der Waals surface area contributed by atoms with Crippen molar-refractivity contribution in [1.29, 1.82) is 0 Å². The fourth-order valence-corrected chi connectivity index (χ4v) is 5.80. The van der Waals surface area contributed by atoms with Crippen LogP contribution in [0.3, 0.4) is 0 Å². The van der Waals surface area contributed by atoms with Crippen molar-refractivity contribution in [3.63, 3.8) is 0 Å². The van der Waals surface area contributed by atoms with Gasteiger partial charge in [-0.3, -0.25) is 14.5 Å². The first-order chi connectivity index (χ1) is 17.7. The van der Waals surface area contributed by atoms with Gasteiger partial charge in [-0.15, -0.1) is 0 Å². The molecule has 37 heavy (non-hydrogen) atoms. The van der Waals surface area contributed by atoms with Gasteiger partial charge >= 0.3 is 11.9 Å². The highest BCUT2D eigenvalue weighted by Crippen LogP contribution is 2.44. The summed E-state index contributed by atoms with van der Waals surface area (Å²) in [5.74, 6) is -1.88. The standard InChI is InChI=1S/C27H23ClN2O6S/c1-4-35-26(34)24-14(3)29-27(37-24)30-21(15-6-5-7-18(28)12-15)20(23(32)25(30)33)22(31)16-8-9-19-17(11-16)10-13(2)36-19/h5-9,11-13,21,31H,4,10H2,1-3H3/t13-,21+/m0/s1. The van der Waals surface area contributed by atoms with Crippen LogP contribution >= 0.6 is 22.9 Å². The van der Waals surface area contributed by atoms with E-state index in [9.17, 15) is 19.5 Å². The Kier molecular flexibility index (Phi) is 6.51. The van der Waals surface area contributed by atoms with E-state index in [0.29, 0.717) is 28.3 Å². The molecular formula is C27H23ClN2O6S. The number of benzene rings is 2. The molecule has 2 aliphatic rings. The molecule has 8 nitrogen and oxygen atoms in total. The lowest BCUT2D eigenvalue weighted by Crippen LogP contribution is -2.29. The van der Waals surface area contributed by atoms with Crippen LogP contribution in [0.1, 0.15) is 51.9 Å². The number of rotatable bonds is 5. The minimum atomic E-state index is -1.01. The quantitative estimate of drug-likeness (QED) is 0.205. The highest BCUT2D eigenvalue weighted by atomic mass is 35.5. The molecule has 0 bridgehead atoms. The molecular weight excluding hydrogens is 516 g/mol. The van der Waals surface area contributed by atoms with Crippen molar-refractivity contribution in [3.05, 3.63) is 80.3 Å². The number of halogens is 1. The molecule has 2 atom stereocenters. The second-order valence-corrected chi connectivity index (χ2v) is 10.2. The number of amides is 1. The van der Waals surface area contributed by atoms with Gasteiger partial charge in [-0.25, -0.2) is 9.78 Å². The van der Waals surface area contributed by atoms with Crippen molar-refractivity contribution in [2.24, 2.45) is 0 Å². The fourth-order valence-electron chi connectivity index (χ4n) is 4.62. The number of fused-ring (bicyclic) bond motifs is 1. The maximum Gasteiger partial charge on any atom is 0.350 e. The van der Waals surface area contributed by atoms with E-state index in [4.69, 9.17) is 21.1 Å². The highest BCUT2D eigenvalue weighted by Gasteiger charge is 2.48. The first-order valence-electron chi connectivity index (χ1n) is 11.7. The molecule has 3 aromatic rings. The molecule has 0 saturated carbocycles. The molecule has 1 aromatic heterocycles. The number of ketones is 1. The average molecular weight is 539 g/mol. The molecule has 1 amide bonds. The number of aliphatic hydroxyl groups is 1. The van der Waals surface area contributed by atoms with Gasteiger partial charge in [0, 0.05) is 17.0 Å². The van der Waals surface area contributed by atoms with Gasteiger partial charge < -0.3 is 14.6 Å². The fraction of sp³-hybridized carbons (Fsp3) is 0.259. The number of aliphatic hydroxyl groups excluding tert-OH is 1. The lowest BCUT2D eigenvalue weighted by Gasteiger charge is -2.23. The van der Waals surface area contributed by atoms with Gasteiger partial charge in [-0.2, -0.15) is 0 Å². The zero-order valence-electron chi connectivity index (χ0n) is 20.3. The first-order valence-corrected chi connectivity index (χ1v) is 12.9. The van der Waals surface area contributed by atoms with Gasteiger partial charge in [0.1, 0.15) is 22.5 Å². The second kappa shape index (κ2) is 9.64. The number of ether oxygens (including phenoxy) is 2. The van der Waals surface area contributed by atoms with Crippen LogP contribution in [0.15, 0.2) is 48.0 Å². The summed E-state index contributed by atoms with van der Waals surface area (Å²) < 4.78 is 10.9. The number of nitrogens with zero attached hydrogens (tertiary/aromatic N) is 2. The Balaban J connectivity index is 1.67. The van der Waals surface area contributed by atoms with Crippen LogP contribution in [0.5, 0.6) is 5.75 Å². The Labute approximate surface area is 222 Å². The summed E-state index contributed by atoms with van der Waals surface area (Å²) in [6.45, 7) is 5.46. The monoisotopic (exact) mass is 538 g/mol. The van der Waals surface area contributed by atoms with E-state index in [1.54, 1.807) is 56.3 Å². The first kappa shape index (κ1) is 25.0. The van der Waals surface area contributed by atoms with Gasteiger partial charge in [0.15, 0.2) is 5.13 Å². The highest BCUT2D eigenvalue weighted by molar-refractivity contribution is 7.17. The summed E-state index contributed by atoms with van der Waals surface area (Å²) in [5.41, 5.74) is 2.09. The SMILES string of the molecule is CCOC(=O)c1sc(N2C(=O)C(=O)C(=C(O)c3ccc4c(c3)C[C@H](C)O4)[C@H]2c2cccc(Cl)c2)nc1C. The molecule has 190 valence electrons. The topological polar surface area (TPSA) is 106 Å². The third-order valence-corrected chi connectivity index (χ3v) is 7.60. The molecule has 1 saturated heterocycles. The summed E-state index contributed by atoms with van der Waals surface area (Å²) in [4.78, 5) is 45.1. The predicted molar refractivity (Wildman–Crippen MR) is 139 cm³/mol. The van der Waals surface area contributed by atoms with Gasteiger partial charge in [-0.1, -0.05) is 35.1 Å². The third kappa shape index (κ3) is 4.38. The molecule has 1 N–H and O–H groups in total. The van der Waals surface area contributed by atoms with E-state index in [1.807, 2.05) is 6.92 Å². The van der Waals surface area contributed by atoms with Crippen LogP contribution in [-0.4, -0.2) is 40.5 Å². The predicted octanol–water partition coefficient (Wildman–Crippen LogP) is 5.23. The van der Waals surface area contributed by atoms with Gasteiger partial charge in [0.05, 0.1) is 23.9 Å². The Morgan fingerprint density at radius 2 is 2.05 bits per heavy atom. The minimum absolute atomic E-state index is 0.00572. The second-order valence-electron chi connectivity index (χ2n) is 8.81. The van der Waals surface area contributed by atoms with Crippen LogP contribution in [0, 0.1) is 6.92 Å². The number of esters is 1. The van der Waals surface area contributed by atoms with Gasteiger partial charge in [0.2, 0.25) is 0 Å². The Morgan fingerprint density at radius 1 is 1.27 bits per heavy atom. The molecule has 0 unspecified atom stereocenters. The maximum atomic E-state index is 13.4. The van der Waals surface area contributed by atoms with Crippen molar-refractivity contribution < 1.29 is 29.0 Å². The summed E-state index contributed by atoms with van der Waals surface area (Å²) >= 11 is 7.22. The van der Waals surface area contributed by atoms with Crippen LogP contribution in [0.2, 0.25) is 5.02 Å². The van der Waals surface area contributed by atoms with Crippen molar-refractivity contribution >= 4 is 51.5 Å². The largest absolute Gasteiger partial charge is 0.507 e. The summed E-state index contributed by atoms with van der Waals surface area (Å²) in [5, 5.41) is 11.9. The third-order valence-electron chi connectivity index (χ3n) is 6.23. The number of Topliss-reactive ketones (excluding diaryl/α,β-unsaturated/α-hetero) is 1. The van der Waals surface area contributed by atoms with E-state index in [-0.39, 0.29) is 34.1 Å². The number of carbonyl (C=O) groups excluding carboxylic acids is 3. The average Bonchev–Trinajstić information content (AvgIpc) is 3.51. The number of carbonyl (C=O) groups is 3. The van der Waals surface area contributed by atoms with Crippen molar-refractivity contribution in [2.45, 2.75) is 39.3 Å². The molecule has 3 heterocycles. The maximum absolute atomic E-state index is 13.4. The smallest absolute Gasteiger partial charge is 0.350 e. The summed E-state index contributed by atoms with van der Waals surface area (Å²) in [7, 11) is 0. The summed E-state index contributed by atoms with van der Waals surface area (Å²) in [6, 6.07) is 10.9. The van der Waals surface area contributed by atoms with Crippen LogP contribution < -0.4 is 9.64 Å². The molecule has 5 rings (SSSR count). The molecule has 2 aliphatic heterocycles. The zero-order chi connectivity index (χ0) is 26.4. The van der Waals surface area contributed by atoms with Crippen molar-refractivity contribution in [1.82, 2.24) is 4.98 Å². The van der Waals surface area contributed by atoms with Crippen LogP contribution in [0.4, 0.5) is 5.13 Å². The normalized spacial score (nSPS) is 20.2. The number of thiazole rings is 1. The molecule has 10 heteroatoms. The number of anilines is 1. The van der Waals surface area contributed by atoms with E-state index in [0.717, 1.165) is 22.6 Å². The minimum Gasteiger partial charge on any atom is -0.507 e. The lowest BCUT2D eigenvalue weighted by molar-refractivity contribution is -0.132. The number of aromatic nitrogens is 1. The molecule has 0 spiro atoms. The zero-order valence-corrected chi connectivity index (χ0v) is 21.9. The van der Waals surface area contributed by atoms with Gasteiger partial charge in [0.25, 0.3) is 5.78 Å². The van der Waals surface area contributed by atoms with E-state index in [1.165, 1.54) is 4.90 Å². The van der Waals surface area contributed by atoms with Crippen LogP contribution in [-0.2, 0) is 20.7 Å². The Morgan fingerprint density at radius 3 is 2.78 bits per heavy atom. The van der Waals surface area contributed by atoms with Crippen molar-refractivity contribution in [2.75, 3.05) is 11.5 Å². The Hall–Kier alpha value is -3.69. The van der Waals surface area contributed by atoms with Crippen LogP contribution in [0.25, 0.3) is 5.76 Å². The lowest BCUT2D eigenvalue weighted by atomic mass is 9.94. The summed E-state index contributed by atoms with van der Waals surface area (Å²) in [6.07, 6.45) is 0.670. The van der Waals surface area contributed by atoms with E-state index in [2.05, 4.69) is 4.98 Å². The number of hydrogen-bond acceptors (Lipinski definition) is 8. The van der Waals surface area contributed by atoms with Crippen molar-refractivity contribution in [3.8, 4) is 5.75 Å². The molecule has 2 aromatic carbocycles. The Bertz CT molecular complexity index is 1480. The van der Waals surface area contributed by atoms with E-state index >= 15 is 0 Å². The molecule has 1 fully saturated rings. The molecule has 0 aliphatic carbocycles.